The van der Waals surface area contributed by atoms with Crippen molar-refractivity contribution in [1.29, 1.82) is 0 Å². The molecule has 0 aromatic heterocycles. The highest BCUT2D eigenvalue weighted by Crippen LogP contribution is 2.17. The lowest BCUT2D eigenvalue weighted by Crippen LogP contribution is -2.43. The van der Waals surface area contributed by atoms with Crippen LogP contribution in [0.1, 0.15) is 26.2 Å². The van der Waals surface area contributed by atoms with E-state index in [0.717, 1.165) is 25.8 Å². The zero-order chi connectivity index (χ0) is 12.0. The summed E-state index contributed by atoms with van der Waals surface area (Å²) in [7, 11) is 0. The Bertz CT molecular complexity index is 252. The van der Waals surface area contributed by atoms with Crippen LogP contribution in [0.25, 0.3) is 0 Å². The minimum absolute atomic E-state index is 0.0923. The lowest BCUT2D eigenvalue weighted by Gasteiger charge is -2.28. The number of hydrogen-bond donors (Lipinski definition) is 1. The van der Waals surface area contributed by atoms with Crippen LogP contribution >= 0.6 is 12.2 Å². The molecule has 1 amide bonds. The first-order chi connectivity index (χ1) is 7.65. The highest BCUT2D eigenvalue weighted by atomic mass is 32.1. The van der Waals surface area contributed by atoms with Gasteiger partial charge in [0.25, 0.3) is 0 Å². The van der Waals surface area contributed by atoms with Gasteiger partial charge in [-0.25, -0.2) is 0 Å². The quantitative estimate of drug-likeness (QED) is 0.731. The van der Waals surface area contributed by atoms with Crippen LogP contribution in [0.15, 0.2) is 0 Å². The van der Waals surface area contributed by atoms with E-state index in [4.69, 9.17) is 22.7 Å². The molecule has 1 saturated heterocycles. The van der Waals surface area contributed by atoms with Gasteiger partial charge in [0.15, 0.2) is 0 Å². The molecule has 92 valence electrons. The molecule has 4 nitrogen and oxygen atoms in total. The van der Waals surface area contributed by atoms with Gasteiger partial charge < -0.3 is 15.4 Å². The fourth-order valence-corrected chi connectivity index (χ4v) is 2.08. The number of thiocarbonyl (C=S) groups is 1. The topological polar surface area (TPSA) is 55.6 Å². The van der Waals surface area contributed by atoms with Crippen LogP contribution < -0.4 is 5.73 Å². The Kier molecular flexibility index (Phi) is 5.69. The third kappa shape index (κ3) is 4.06. The number of carbonyl (C=O) groups is 1. The summed E-state index contributed by atoms with van der Waals surface area (Å²) in [6.07, 6.45) is 2.56. The van der Waals surface area contributed by atoms with Crippen molar-refractivity contribution in [3.63, 3.8) is 0 Å². The highest BCUT2D eigenvalue weighted by molar-refractivity contribution is 7.80. The van der Waals surface area contributed by atoms with Gasteiger partial charge in [-0.05, 0) is 19.3 Å². The molecule has 16 heavy (non-hydrogen) atoms. The molecule has 1 aliphatic heterocycles. The Morgan fingerprint density at radius 2 is 2.12 bits per heavy atom. The van der Waals surface area contributed by atoms with Crippen LogP contribution in [-0.4, -0.2) is 42.1 Å². The van der Waals surface area contributed by atoms with Gasteiger partial charge in [-0.3, -0.25) is 4.79 Å². The summed E-state index contributed by atoms with van der Waals surface area (Å²) < 4.78 is 5.25. The van der Waals surface area contributed by atoms with Crippen molar-refractivity contribution in [2.45, 2.75) is 26.2 Å². The molecule has 1 rings (SSSR count). The number of ether oxygens (including phenoxy) is 1. The first kappa shape index (κ1) is 13.4. The highest BCUT2D eigenvalue weighted by Gasteiger charge is 2.26. The summed E-state index contributed by atoms with van der Waals surface area (Å²) in [5.74, 6) is 0.271. The molecule has 1 aliphatic rings. The zero-order valence-electron chi connectivity index (χ0n) is 9.78. The largest absolute Gasteiger partial charge is 0.392 e. The lowest BCUT2D eigenvalue weighted by molar-refractivity contribution is -0.137. The maximum Gasteiger partial charge on any atom is 0.226 e. The summed E-state index contributed by atoms with van der Waals surface area (Å²) in [5.41, 5.74) is 5.50. The Balaban J connectivity index is 2.54. The SMILES string of the molecule is CCCN(CC(N)=S)C(=O)C1CCOCC1. The molecule has 0 bridgehead atoms. The summed E-state index contributed by atoms with van der Waals surface area (Å²) >= 11 is 4.87. The lowest BCUT2D eigenvalue weighted by atomic mass is 9.98. The van der Waals surface area contributed by atoms with E-state index in [9.17, 15) is 4.79 Å². The minimum Gasteiger partial charge on any atom is -0.392 e. The van der Waals surface area contributed by atoms with E-state index in [2.05, 4.69) is 0 Å². The number of nitrogens with zero attached hydrogens (tertiary/aromatic N) is 1. The molecule has 5 heteroatoms. The molecule has 1 heterocycles. The Morgan fingerprint density at radius 1 is 1.50 bits per heavy atom. The maximum atomic E-state index is 12.2. The normalized spacial score (nSPS) is 17.1. The third-order valence-electron chi connectivity index (χ3n) is 2.72. The smallest absolute Gasteiger partial charge is 0.226 e. The average molecular weight is 244 g/mol. The van der Waals surface area contributed by atoms with Gasteiger partial charge in [-0.1, -0.05) is 19.1 Å². The predicted octanol–water partition coefficient (Wildman–Crippen LogP) is 0.938. The Hall–Kier alpha value is -0.680. The summed E-state index contributed by atoms with van der Waals surface area (Å²) in [5, 5.41) is 0. The van der Waals surface area contributed by atoms with Crippen molar-refractivity contribution in [2.75, 3.05) is 26.3 Å². The van der Waals surface area contributed by atoms with E-state index in [0.29, 0.717) is 24.7 Å². The van der Waals surface area contributed by atoms with Gasteiger partial charge in [-0.2, -0.15) is 0 Å². The van der Waals surface area contributed by atoms with Crippen LogP contribution in [0.4, 0.5) is 0 Å². The molecule has 0 aliphatic carbocycles. The summed E-state index contributed by atoms with van der Waals surface area (Å²) in [6.45, 7) is 4.55. The maximum absolute atomic E-state index is 12.2. The molecule has 0 aromatic carbocycles. The van der Waals surface area contributed by atoms with Gasteiger partial charge >= 0.3 is 0 Å². The van der Waals surface area contributed by atoms with Crippen molar-refractivity contribution in [1.82, 2.24) is 4.90 Å². The van der Waals surface area contributed by atoms with Crippen molar-refractivity contribution in [3.8, 4) is 0 Å². The molecular formula is C11H20N2O2S. The van der Waals surface area contributed by atoms with E-state index in [1.807, 2.05) is 6.92 Å². The number of amides is 1. The molecule has 0 unspecified atom stereocenters. The number of rotatable bonds is 5. The second-order valence-electron chi connectivity index (χ2n) is 4.11. The van der Waals surface area contributed by atoms with E-state index in [1.165, 1.54) is 0 Å². The first-order valence-corrected chi connectivity index (χ1v) is 6.20. The molecule has 0 spiro atoms. The fraction of sp³-hybridized carbons (Fsp3) is 0.818. The van der Waals surface area contributed by atoms with Crippen LogP contribution in [0.2, 0.25) is 0 Å². The Morgan fingerprint density at radius 3 is 2.62 bits per heavy atom. The van der Waals surface area contributed by atoms with Crippen molar-refractivity contribution < 1.29 is 9.53 Å². The number of carbonyl (C=O) groups excluding carboxylic acids is 1. The van der Waals surface area contributed by atoms with Crippen LogP contribution in [0.5, 0.6) is 0 Å². The third-order valence-corrected chi connectivity index (χ3v) is 2.85. The zero-order valence-corrected chi connectivity index (χ0v) is 10.6. The van der Waals surface area contributed by atoms with E-state index < -0.39 is 0 Å². The summed E-state index contributed by atoms with van der Waals surface area (Å²) in [4.78, 5) is 14.3. The standard InChI is InChI=1S/C11H20N2O2S/c1-2-5-13(8-10(12)16)11(14)9-3-6-15-7-4-9/h9H,2-8H2,1H3,(H2,12,16). The van der Waals surface area contributed by atoms with Gasteiger partial charge in [-0.15, -0.1) is 0 Å². The van der Waals surface area contributed by atoms with Gasteiger partial charge in [0, 0.05) is 25.7 Å². The van der Waals surface area contributed by atoms with Crippen LogP contribution in [0, 0.1) is 5.92 Å². The molecule has 0 radical (unpaired) electrons. The second-order valence-corrected chi connectivity index (χ2v) is 4.64. The molecule has 0 aromatic rings. The van der Waals surface area contributed by atoms with Gasteiger partial charge in [0.1, 0.15) is 0 Å². The predicted molar refractivity (Wildman–Crippen MR) is 67.2 cm³/mol. The number of nitrogens with two attached hydrogens (primary N) is 1. The molecule has 0 atom stereocenters. The van der Waals surface area contributed by atoms with E-state index in [1.54, 1.807) is 4.90 Å². The minimum atomic E-state index is 0.0923. The van der Waals surface area contributed by atoms with Crippen molar-refractivity contribution >= 4 is 23.1 Å². The molecule has 0 saturated carbocycles. The van der Waals surface area contributed by atoms with Crippen LogP contribution in [-0.2, 0) is 9.53 Å². The average Bonchev–Trinajstić information content (AvgIpc) is 2.28. The number of hydrogen-bond acceptors (Lipinski definition) is 3. The second kappa shape index (κ2) is 6.81. The fourth-order valence-electron chi connectivity index (χ4n) is 1.93. The summed E-state index contributed by atoms with van der Waals surface area (Å²) in [6, 6.07) is 0. The Labute approximate surface area is 102 Å². The van der Waals surface area contributed by atoms with Crippen molar-refractivity contribution in [3.05, 3.63) is 0 Å². The molecule has 1 fully saturated rings. The van der Waals surface area contributed by atoms with Gasteiger partial charge in [0.05, 0.1) is 11.5 Å². The molecular weight excluding hydrogens is 224 g/mol. The van der Waals surface area contributed by atoms with E-state index >= 15 is 0 Å². The monoisotopic (exact) mass is 244 g/mol. The van der Waals surface area contributed by atoms with Gasteiger partial charge in [0.2, 0.25) is 5.91 Å². The van der Waals surface area contributed by atoms with Crippen LogP contribution in [0.3, 0.4) is 0 Å². The molecule has 2 N–H and O–H groups in total. The van der Waals surface area contributed by atoms with E-state index in [-0.39, 0.29) is 11.8 Å². The first-order valence-electron chi connectivity index (χ1n) is 5.80. The van der Waals surface area contributed by atoms with Crippen molar-refractivity contribution in [2.24, 2.45) is 11.7 Å².